The average molecular weight is 420 g/mol. The maximum absolute atomic E-state index is 14.3. The van der Waals surface area contributed by atoms with Gasteiger partial charge in [0.1, 0.15) is 24.5 Å². The van der Waals surface area contributed by atoms with E-state index in [9.17, 15) is 14.3 Å². The number of carbonyl (C=O) groups excluding carboxylic acids is 1. The summed E-state index contributed by atoms with van der Waals surface area (Å²) in [4.78, 5) is 21.7. The lowest BCUT2D eigenvalue weighted by Gasteiger charge is -2.28. The van der Waals surface area contributed by atoms with Crippen LogP contribution in [0.2, 0.25) is 0 Å². The molecular weight excluding hydrogens is 399 g/mol. The lowest BCUT2D eigenvalue weighted by Crippen LogP contribution is -2.35. The van der Waals surface area contributed by atoms with E-state index in [4.69, 9.17) is 0 Å². The summed E-state index contributed by atoms with van der Waals surface area (Å²) >= 11 is 0. The molecule has 3 N–H and O–H groups in total. The zero-order valence-electron chi connectivity index (χ0n) is 16.6. The fourth-order valence-corrected chi connectivity index (χ4v) is 4.29. The van der Waals surface area contributed by atoms with Crippen LogP contribution in [-0.2, 0) is 6.54 Å². The van der Waals surface area contributed by atoms with Crippen LogP contribution >= 0.6 is 0 Å². The van der Waals surface area contributed by atoms with Gasteiger partial charge in [-0.3, -0.25) is 9.79 Å². The number of hydrogen-bond donors (Lipinski definition) is 3. The molecular formula is C22H21FN6O2. The van der Waals surface area contributed by atoms with E-state index in [2.05, 4.69) is 25.9 Å². The monoisotopic (exact) mass is 420 g/mol. The number of rotatable bonds is 5. The molecule has 1 aromatic heterocycles. The normalized spacial score (nSPS) is 19.9. The Morgan fingerprint density at radius 1 is 1.23 bits per heavy atom. The van der Waals surface area contributed by atoms with Crippen molar-refractivity contribution in [1.29, 1.82) is 0 Å². The maximum Gasteiger partial charge on any atom is 0.185 e. The highest BCUT2D eigenvalue weighted by Crippen LogP contribution is 2.40. The third-order valence-corrected chi connectivity index (χ3v) is 5.65. The van der Waals surface area contributed by atoms with Gasteiger partial charge in [0.2, 0.25) is 0 Å². The van der Waals surface area contributed by atoms with Crippen molar-refractivity contribution >= 4 is 17.2 Å². The van der Waals surface area contributed by atoms with E-state index in [0.29, 0.717) is 41.3 Å². The van der Waals surface area contributed by atoms with Crippen molar-refractivity contribution in [3.05, 3.63) is 77.1 Å². The number of aliphatic hydroxyl groups excluding tert-OH is 1. The number of aromatic nitrogens is 3. The molecule has 2 atom stereocenters. The molecule has 9 heteroatoms. The summed E-state index contributed by atoms with van der Waals surface area (Å²) in [6.07, 6.45) is 2.01. The molecule has 2 unspecified atom stereocenters. The predicted molar refractivity (Wildman–Crippen MR) is 113 cm³/mol. The van der Waals surface area contributed by atoms with E-state index >= 15 is 0 Å². The number of benzene rings is 2. The molecule has 3 aromatic rings. The number of nitrogens with zero attached hydrogens (tertiary/aromatic N) is 4. The zero-order chi connectivity index (χ0) is 21.4. The predicted octanol–water partition coefficient (Wildman–Crippen LogP) is 2.24. The molecule has 0 fully saturated rings. The highest BCUT2D eigenvalue weighted by molar-refractivity contribution is 6.20. The number of nitrogens with one attached hydrogen (secondary N) is 2. The molecule has 0 bridgehead atoms. The van der Waals surface area contributed by atoms with Gasteiger partial charge in [0.15, 0.2) is 5.78 Å². The third-order valence-electron chi connectivity index (χ3n) is 5.65. The lowest BCUT2D eigenvalue weighted by molar-refractivity contribution is 0.0999. The van der Waals surface area contributed by atoms with Gasteiger partial charge >= 0.3 is 0 Å². The van der Waals surface area contributed by atoms with E-state index < -0.39 is 11.7 Å². The smallest absolute Gasteiger partial charge is 0.185 e. The number of halogens is 1. The molecule has 158 valence electrons. The molecule has 0 aliphatic carbocycles. The first-order valence-electron chi connectivity index (χ1n) is 10.1. The fraction of sp³-hybridized carbons (Fsp3) is 0.273. The average Bonchev–Trinajstić information content (AvgIpc) is 3.18. The Balaban J connectivity index is 1.72. The second kappa shape index (κ2) is 8.01. The first kappa shape index (κ1) is 19.5. The van der Waals surface area contributed by atoms with Gasteiger partial charge in [-0.15, -0.1) is 0 Å². The molecule has 8 nitrogen and oxygen atoms in total. The summed E-state index contributed by atoms with van der Waals surface area (Å²) in [6, 6.07) is 12.1. The van der Waals surface area contributed by atoms with Crippen LogP contribution in [0.25, 0.3) is 0 Å². The molecule has 0 spiro atoms. The van der Waals surface area contributed by atoms with E-state index in [-0.39, 0.29) is 25.0 Å². The SMILES string of the molecule is O=C1CN=C2c3c(cc(F)cc31)NNC(c1ccccc1)C2c1ncnn1CCCO. The second-order valence-corrected chi connectivity index (χ2v) is 7.55. The zero-order valence-corrected chi connectivity index (χ0v) is 16.6. The summed E-state index contributed by atoms with van der Waals surface area (Å²) in [5, 5.41) is 13.6. The Kier molecular flexibility index (Phi) is 5.05. The fourth-order valence-electron chi connectivity index (χ4n) is 4.29. The van der Waals surface area contributed by atoms with Gasteiger partial charge in [0.25, 0.3) is 0 Å². The molecule has 0 radical (unpaired) electrons. The van der Waals surface area contributed by atoms with Crippen LogP contribution in [0.4, 0.5) is 10.1 Å². The minimum absolute atomic E-state index is 0.0353. The van der Waals surface area contributed by atoms with Crippen LogP contribution < -0.4 is 10.9 Å². The van der Waals surface area contributed by atoms with Crippen LogP contribution in [0.1, 0.15) is 45.7 Å². The number of hydrazine groups is 1. The molecule has 5 rings (SSSR count). The Bertz CT molecular complexity index is 1160. The van der Waals surface area contributed by atoms with Crippen LogP contribution in [0, 0.1) is 5.82 Å². The van der Waals surface area contributed by atoms with Gasteiger partial charge in [-0.25, -0.2) is 19.5 Å². The minimum Gasteiger partial charge on any atom is -0.396 e. The van der Waals surface area contributed by atoms with Crippen LogP contribution in [0.15, 0.2) is 53.8 Å². The highest BCUT2D eigenvalue weighted by atomic mass is 19.1. The van der Waals surface area contributed by atoms with Crippen LogP contribution in [-0.4, -0.2) is 44.5 Å². The van der Waals surface area contributed by atoms with Gasteiger partial charge in [0.05, 0.1) is 23.4 Å². The van der Waals surface area contributed by atoms with Crippen molar-refractivity contribution in [3.63, 3.8) is 0 Å². The second-order valence-electron chi connectivity index (χ2n) is 7.55. The number of carbonyl (C=O) groups is 1. The summed E-state index contributed by atoms with van der Waals surface area (Å²) in [7, 11) is 0. The molecule has 0 amide bonds. The van der Waals surface area contributed by atoms with Crippen molar-refractivity contribution in [2.45, 2.75) is 24.9 Å². The third kappa shape index (κ3) is 3.41. The quantitative estimate of drug-likeness (QED) is 0.585. The largest absolute Gasteiger partial charge is 0.396 e. The number of Topliss-reactive ketones (excluding diaryl/α,β-unsaturated/α-hetero) is 1. The summed E-state index contributed by atoms with van der Waals surface area (Å²) in [5.41, 5.74) is 9.41. The van der Waals surface area contributed by atoms with Crippen molar-refractivity contribution < 1.29 is 14.3 Å². The van der Waals surface area contributed by atoms with E-state index in [1.54, 1.807) is 4.68 Å². The Morgan fingerprint density at radius 3 is 2.87 bits per heavy atom. The lowest BCUT2D eigenvalue weighted by atomic mass is 9.82. The molecule has 2 aliphatic rings. The number of hydrogen-bond acceptors (Lipinski definition) is 7. The van der Waals surface area contributed by atoms with Gasteiger partial charge in [-0.1, -0.05) is 30.3 Å². The van der Waals surface area contributed by atoms with Gasteiger partial charge in [-0.2, -0.15) is 5.10 Å². The van der Waals surface area contributed by atoms with E-state index in [1.165, 1.54) is 18.5 Å². The number of anilines is 1. The van der Waals surface area contributed by atoms with Gasteiger partial charge in [-0.05, 0) is 24.1 Å². The van der Waals surface area contributed by atoms with Gasteiger partial charge < -0.3 is 10.5 Å². The van der Waals surface area contributed by atoms with Crippen molar-refractivity contribution in [2.24, 2.45) is 4.99 Å². The molecule has 31 heavy (non-hydrogen) atoms. The number of aryl methyl sites for hydroxylation is 1. The molecule has 3 heterocycles. The van der Waals surface area contributed by atoms with Gasteiger partial charge in [0, 0.05) is 24.3 Å². The van der Waals surface area contributed by atoms with Crippen molar-refractivity contribution in [3.8, 4) is 0 Å². The summed E-state index contributed by atoms with van der Waals surface area (Å²) in [6.45, 7) is 0.480. The Hall–Kier alpha value is -3.43. The van der Waals surface area contributed by atoms with Crippen molar-refractivity contribution in [2.75, 3.05) is 18.6 Å². The number of ketones is 1. The highest BCUT2D eigenvalue weighted by Gasteiger charge is 2.40. The first-order valence-corrected chi connectivity index (χ1v) is 10.1. The molecule has 2 aliphatic heterocycles. The Morgan fingerprint density at radius 2 is 2.06 bits per heavy atom. The topological polar surface area (TPSA) is 104 Å². The summed E-state index contributed by atoms with van der Waals surface area (Å²) in [5.74, 6) is -0.444. The van der Waals surface area contributed by atoms with E-state index in [0.717, 1.165) is 5.56 Å². The summed E-state index contributed by atoms with van der Waals surface area (Å²) < 4.78 is 16.0. The standard InChI is InChI=1S/C22H21FN6O2/c23-14-9-15-17(31)11-24-21-18(15)16(10-14)27-28-20(13-5-2-1-3-6-13)19(21)22-25-12-26-29(22)7-4-8-30/h1-3,5-6,9-10,12,19-20,27-28,30H,4,7-8,11H2. The Labute approximate surface area is 177 Å². The van der Waals surface area contributed by atoms with Crippen LogP contribution in [0.5, 0.6) is 0 Å². The minimum atomic E-state index is -0.488. The van der Waals surface area contributed by atoms with E-state index in [1.807, 2.05) is 30.3 Å². The molecule has 0 saturated carbocycles. The number of aliphatic hydroxyl groups is 1. The maximum atomic E-state index is 14.3. The first-order chi connectivity index (χ1) is 15.2. The number of aliphatic imine (C=N–C) groups is 1. The molecule has 0 saturated heterocycles. The van der Waals surface area contributed by atoms with Crippen LogP contribution in [0.3, 0.4) is 0 Å². The molecule has 2 aromatic carbocycles. The van der Waals surface area contributed by atoms with Crippen molar-refractivity contribution in [1.82, 2.24) is 20.2 Å².